The Morgan fingerprint density at radius 1 is 1.07 bits per heavy atom. The van der Waals surface area contributed by atoms with Gasteiger partial charge in [0.1, 0.15) is 24.4 Å². The fraction of sp³-hybridized carbons (Fsp3) is 0.429. The molecule has 8 nitrogen and oxygen atoms in total. The zero-order valence-corrected chi connectivity index (χ0v) is 17.5. The summed E-state index contributed by atoms with van der Waals surface area (Å²) in [4.78, 5) is 0.0901. The van der Waals surface area contributed by atoms with Crippen LogP contribution in [-0.2, 0) is 29.0 Å². The molecule has 0 spiro atoms. The number of hydrogen-bond donors (Lipinski definition) is 2. The van der Waals surface area contributed by atoms with E-state index in [1.54, 1.807) is 12.1 Å². The van der Waals surface area contributed by atoms with E-state index in [4.69, 9.17) is 18.9 Å². The summed E-state index contributed by atoms with van der Waals surface area (Å²) < 4.78 is 51.1. The highest BCUT2D eigenvalue weighted by Crippen LogP contribution is 2.34. The van der Waals surface area contributed by atoms with Gasteiger partial charge in [0.05, 0.1) is 11.5 Å². The van der Waals surface area contributed by atoms with Crippen LogP contribution < -0.4 is 4.72 Å². The molecule has 4 rings (SSSR count). The summed E-state index contributed by atoms with van der Waals surface area (Å²) in [5, 5.41) is 11.0. The van der Waals surface area contributed by atoms with E-state index in [0.717, 1.165) is 11.1 Å². The largest absolute Gasteiger partial charge is 0.388 e. The Kier molecular flexibility index (Phi) is 6.21. The minimum Gasteiger partial charge on any atom is -0.388 e. The van der Waals surface area contributed by atoms with Gasteiger partial charge in [-0.25, -0.2) is 13.1 Å². The van der Waals surface area contributed by atoms with Crippen LogP contribution in [0.4, 0.5) is 0 Å². The Balaban J connectivity index is 1.55. The second-order valence-electron chi connectivity index (χ2n) is 7.41. The Hall–Kier alpha value is -1.85. The van der Waals surface area contributed by atoms with Crippen molar-refractivity contribution >= 4 is 10.0 Å². The standard InChI is InChI=1S/C21H25NO7S/c1-13-8-10-15(11-9-13)30(24,25)22-17-18(23)19-16(28-21(17)26-2)12-27-20(29-19)14-6-4-3-5-7-14/h3-11,16-23H,12H2,1-2H3/t16-,17-,18-,19-,20?,21+/m1/s1. The number of nitrogens with one attached hydrogen (secondary N) is 1. The summed E-state index contributed by atoms with van der Waals surface area (Å²) in [6.45, 7) is 2.05. The quantitative estimate of drug-likeness (QED) is 0.733. The third kappa shape index (κ3) is 4.28. The molecule has 1 unspecified atom stereocenters. The van der Waals surface area contributed by atoms with Gasteiger partial charge >= 0.3 is 0 Å². The molecule has 0 amide bonds. The van der Waals surface area contributed by atoms with Crippen LogP contribution in [0.2, 0.25) is 0 Å². The van der Waals surface area contributed by atoms with Crippen molar-refractivity contribution in [2.24, 2.45) is 0 Å². The topological polar surface area (TPSA) is 103 Å². The monoisotopic (exact) mass is 435 g/mol. The average Bonchev–Trinajstić information content (AvgIpc) is 2.76. The SMILES string of the molecule is CO[C@H]1O[C@@H]2COC(c3ccccc3)O[C@H]2[C@H](O)[C@H]1NS(=O)(=O)c1ccc(C)cc1. The van der Waals surface area contributed by atoms with Crippen molar-refractivity contribution in [1.82, 2.24) is 4.72 Å². The number of aliphatic hydroxyl groups is 1. The van der Waals surface area contributed by atoms with Crippen LogP contribution in [0.3, 0.4) is 0 Å². The molecule has 2 fully saturated rings. The maximum absolute atomic E-state index is 12.9. The first kappa shape index (κ1) is 21.4. The fourth-order valence-electron chi connectivity index (χ4n) is 3.66. The average molecular weight is 435 g/mol. The lowest BCUT2D eigenvalue weighted by atomic mass is 9.96. The molecule has 2 aliphatic rings. The molecule has 2 aromatic rings. The van der Waals surface area contributed by atoms with Gasteiger partial charge in [0.2, 0.25) is 10.0 Å². The molecule has 2 N–H and O–H groups in total. The van der Waals surface area contributed by atoms with E-state index in [1.165, 1.54) is 19.2 Å². The van der Waals surface area contributed by atoms with Crippen LogP contribution in [0.5, 0.6) is 0 Å². The van der Waals surface area contributed by atoms with E-state index < -0.39 is 47.0 Å². The molecule has 0 saturated carbocycles. The molecule has 30 heavy (non-hydrogen) atoms. The third-order valence-corrected chi connectivity index (χ3v) is 6.77. The van der Waals surface area contributed by atoms with Crippen LogP contribution in [0.15, 0.2) is 59.5 Å². The number of rotatable bonds is 5. The summed E-state index contributed by atoms with van der Waals surface area (Å²) >= 11 is 0. The summed E-state index contributed by atoms with van der Waals surface area (Å²) in [5.41, 5.74) is 1.74. The molecule has 0 bridgehead atoms. The van der Waals surface area contributed by atoms with E-state index >= 15 is 0 Å². The van der Waals surface area contributed by atoms with Gasteiger partial charge in [-0.3, -0.25) is 0 Å². The lowest BCUT2D eigenvalue weighted by Gasteiger charge is -2.47. The van der Waals surface area contributed by atoms with Crippen molar-refractivity contribution in [3.8, 4) is 0 Å². The number of aliphatic hydroxyl groups excluding tert-OH is 1. The van der Waals surface area contributed by atoms with Gasteiger partial charge in [0.25, 0.3) is 0 Å². The van der Waals surface area contributed by atoms with Crippen LogP contribution in [-0.4, -0.2) is 57.9 Å². The second-order valence-corrected chi connectivity index (χ2v) is 9.12. The highest BCUT2D eigenvalue weighted by atomic mass is 32.2. The third-order valence-electron chi connectivity index (χ3n) is 5.29. The maximum atomic E-state index is 12.9. The molecule has 0 radical (unpaired) electrons. The normalized spacial score (nSPS) is 31.8. The number of fused-ring (bicyclic) bond motifs is 1. The van der Waals surface area contributed by atoms with E-state index in [1.807, 2.05) is 37.3 Å². The Morgan fingerprint density at radius 3 is 2.43 bits per heavy atom. The Labute approximate surface area is 175 Å². The molecular weight excluding hydrogens is 410 g/mol. The first-order chi connectivity index (χ1) is 14.4. The molecule has 2 aromatic carbocycles. The molecule has 0 aromatic heterocycles. The molecule has 2 saturated heterocycles. The van der Waals surface area contributed by atoms with Gasteiger partial charge in [0, 0.05) is 12.7 Å². The Morgan fingerprint density at radius 2 is 1.77 bits per heavy atom. The molecule has 2 aliphatic heterocycles. The summed E-state index contributed by atoms with van der Waals surface area (Å²) in [6, 6.07) is 14.7. The van der Waals surface area contributed by atoms with Crippen molar-refractivity contribution in [1.29, 1.82) is 0 Å². The van der Waals surface area contributed by atoms with Gasteiger partial charge in [-0.1, -0.05) is 48.0 Å². The lowest BCUT2D eigenvalue weighted by molar-refractivity contribution is -0.340. The van der Waals surface area contributed by atoms with E-state index in [-0.39, 0.29) is 11.5 Å². The van der Waals surface area contributed by atoms with E-state index in [0.29, 0.717) is 0 Å². The zero-order valence-electron chi connectivity index (χ0n) is 16.7. The number of aryl methyl sites for hydroxylation is 1. The van der Waals surface area contributed by atoms with Crippen LogP contribution in [0, 0.1) is 6.92 Å². The van der Waals surface area contributed by atoms with Crippen molar-refractivity contribution in [3.63, 3.8) is 0 Å². The molecule has 9 heteroatoms. The summed E-state index contributed by atoms with van der Waals surface area (Å²) in [7, 11) is -2.52. The van der Waals surface area contributed by atoms with Crippen molar-refractivity contribution in [2.45, 2.75) is 48.8 Å². The van der Waals surface area contributed by atoms with Crippen molar-refractivity contribution in [3.05, 3.63) is 65.7 Å². The van der Waals surface area contributed by atoms with Crippen LogP contribution >= 0.6 is 0 Å². The van der Waals surface area contributed by atoms with E-state index in [2.05, 4.69) is 4.72 Å². The minimum atomic E-state index is -3.91. The number of methoxy groups -OCH3 is 1. The van der Waals surface area contributed by atoms with Gasteiger partial charge < -0.3 is 24.1 Å². The van der Waals surface area contributed by atoms with Crippen molar-refractivity contribution < 1.29 is 32.5 Å². The van der Waals surface area contributed by atoms with Gasteiger partial charge in [-0.2, -0.15) is 0 Å². The number of sulfonamides is 1. The summed E-state index contributed by atoms with van der Waals surface area (Å²) in [5.74, 6) is 0. The molecule has 2 heterocycles. The predicted octanol–water partition coefficient (Wildman–Crippen LogP) is 1.49. The highest BCUT2D eigenvalue weighted by Gasteiger charge is 2.50. The molecule has 162 valence electrons. The lowest BCUT2D eigenvalue weighted by Crippen LogP contribution is -2.66. The number of ether oxygens (including phenoxy) is 4. The molecule has 6 atom stereocenters. The first-order valence-electron chi connectivity index (χ1n) is 9.66. The molecular formula is C21H25NO7S. The van der Waals surface area contributed by atoms with Gasteiger partial charge in [-0.15, -0.1) is 0 Å². The second kappa shape index (κ2) is 8.72. The van der Waals surface area contributed by atoms with Crippen molar-refractivity contribution in [2.75, 3.05) is 13.7 Å². The summed E-state index contributed by atoms with van der Waals surface area (Å²) in [6.07, 6.45) is -4.27. The number of benzene rings is 2. The number of hydrogen-bond acceptors (Lipinski definition) is 7. The van der Waals surface area contributed by atoms with Gasteiger partial charge in [0.15, 0.2) is 12.6 Å². The van der Waals surface area contributed by atoms with E-state index in [9.17, 15) is 13.5 Å². The fourth-order valence-corrected chi connectivity index (χ4v) is 4.90. The highest BCUT2D eigenvalue weighted by molar-refractivity contribution is 7.89. The zero-order chi connectivity index (χ0) is 21.3. The minimum absolute atomic E-state index is 0.0901. The van der Waals surface area contributed by atoms with Crippen LogP contribution in [0.1, 0.15) is 17.4 Å². The maximum Gasteiger partial charge on any atom is 0.241 e. The van der Waals surface area contributed by atoms with Crippen LogP contribution in [0.25, 0.3) is 0 Å². The predicted molar refractivity (Wildman–Crippen MR) is 107 cm³/mol. The first-order valence-corrected chi connectivity index (χ1v) is 11.1. The molecule has 0 aliphatic carbocycles. The Bertz CT molecular complexity index is 951. The smallest absolute Gasteiger partial charge is 0.241 e. The van der Waals surface area contributed by atoms with Gasteiger partial charge in [-0.05, 0) is 19.1 Å².